The second-order valence-electron chi connectivity index (χ2n) is 5.75. The fraction of sp³-hybridized carbons (Fsp3) is 0.562. The molecule has 0 aliphatic carbocycles. The van der Waals surface area contributed by atoms with Crippen LogP contribution >= 0.6 is 11.8 Å². The van der Waals surface area contributed by atoms with E-state index >= 15 is 0 Å². The zero-order valence-corrected chi connectivity index (χ0v) is 12.9. The summed E-state index contributed by atoms with van der Waals surface area (Å²) in [5.41, 5.74) is 0.869. The summed E-state index contributed by atoms with van der Waals surface area (Å²) in [6.07, 6.45) is 1.82. The van der Waals surface area contributed by atoms with Crippen LogP contribution in [0.2, 0.25) is 0 Å². The Bertz CT molecular complexity index is 505. The Kier molecular flexibility index (Phi) is 4.80. The Morgan fingerprint density at radius 3 is 2.95 bits per heavy atom. The number of hydrogen-bond donors (Lipinski definition) is 0. The van der Waals surface area contributed by atoms with Crippen molar-refractivity contribution in [3.63, 3.8) is 0 Å². The lowest BCUT2D eigenvalue weighted by atomic mass is 10.2. The summed E-state index contributed by atoms with van der Waals surface area (Å²) in [5, 5.41) is 0. The van der Waals surface area contributed by atoms with Crippen LogP contribution in [-0.4, -0.2) is 52.9 Å². The van der Waals surface area contributed by atoms with E-state index in [1.54, 1.807) is 6.07 Å². The van der Waals surface area contributed by atoms with Gasteiger partial charge in [0.05, 0.1) is 0 Å². The molecule has 21 heavy (non-hydrogen) atoms. The van der Waals surface area contributed by atoms with Crippen molar-refractivity contribution in [1.29, 1.82) is 0 Å². The van der Waals surface area contributed by atoms with E-state index in [-0.39, 0.29) is 11.7 Å². The fourth-order valence-corrected chi connectivity index (χ4v) is 4.34. The van der Waals surface area contributed by atoms with Crippen LogP contribution in [0.1, 0.15) is 18.4 Å². The number of nitrogens with zero attached hydrogens (tertiary/aromatic N) is 2. The normalized spacial score (nSPS) is 24.3. The zero-order chi connectivity index (χ0) is 14.7. The monoisotopic (exact) mass is 308 g/mol. The van der Waals surface area contributed by atoms with Crippen molar-refractivity contribution in [2.24, 2.45) is 0 Å². The molecule has 0 saturated carbocycles. The van der Waals surface area contributed by atoms with Crippen molar-refractivity contribution in [2.45, 2.75) is 25.4 Å². The van der Waals surface area contributed by atoms with Crippen LogP contribution in [0.25, 0.3) is 0 Å². The van der Waals surface area contributed by atoms with Gasteiger partial charge in [0.15, 0.2) is 0 Å². The Labute approximate surface area is 129 Å². The molecule has 0 spiro atoms. The molecule has 3 rings (SSSR count). The van der Waals surface area contributed by atoms with Gasteiger partial charge >= 0.3 is 0 Å². The topological polar surface area (TPSA) is 23.6 Å². The lowest BCUT2D eigenvalue weighted by molar-refractivity contribution is -0.130. The lowest BCUT2D eigenvalue weighted by Crippen LogP contribution is -2.38. The van der Waals surface area contributed by atoms with Gasteiger partial charge in [0.2, 0.25) is 5.91 Å². The average Bonchev–Trinajstić information content (AvgIpc) is 2.94. The molecule has 1 amide bonds. The van der Waals surface area contributed by atoms with E-state index < -0.39 is 0 Å². The summed E-state index contributed by atoms with van der Waals surface area (Å²) >= 11 is 2.01. The molecule has 0 radical (unpaired) electrons. The molecule has 0 unspecified atom stereocenters. The van der Waals surface area contributed by atoms with Gasteiger partial charge < -0.3 is 4.90 Å². The minimum Gasteiger partial charge on any atom is -0.337 e. The van der Waals surface area contributed by atoms with Crippen LogP contribution in [0.15, 0.2) is 24.3 Å². The summed E-state index contributed by atoms with van der Waals surface area (Å²) in [6.45, 7) is 3.07. The highest BCUT2D eigenvalue weighted by molar-refractivity contribution is 7.99. The highest BCUT2D eigenvalue weighted by Crippen LogP contribution is 2.23. The lowest BCUT2D eigenvalue weighted by Gasteiger charge is -2.26. The number of benzene rings is 1. The van der Waals surface area contributed by atoms with Crippen molar-refractivity contribution < 1.29 is 9.18 Å². The molecule has 1 atom stereocenters. The van der Waals surface area contributed by atoms with Gasteiger partial charge in [-0.2, -0.15) is 11.8 Å². The van der Waals surface area contributed by atoms with Crippen LogP contribution in [0, 0.1) is 5.82 Å². The number of halogens is 1. The van der Waals surface area contributed by atoms with Gasteiger partial charge in [0, 0.05) is 44.4 Å². The first kappa shape index (κ1) is 14.9. The maximum Gasteiger partial charge on any atom is 0.224 e. The molecule has 2 aliphatic heterocycles. The van der Waals surface area contributed by atoms with E-state index in [2.05, 4.69) is 4.90 Å². The summed E-state index contributed by atoms with van der Waals surface area (Å²) in [7, 11) is 0. The van der Waals surface area contributed by atoms with Crippen molar-refractivity contribution in [3.8, 4) is 0 Å². The van der Waals surface area contributed by atoms with Crippen LogP contribution in [0.5, 0.6) is 0 Å². The SMILES string of the molecule is O=C1CCN([C@@H]2CCSC2)CCN1Cc1cccc(F)c1. The highest BCUT2D eigenvalue weighted by atomic mass is 32.2. The Morgan fingerprint density at radius 2 is 2.19 bits per heavy atom. The maximum absolute atomic E-state index is 13.3. The van der Waals surface area contributed by atoms with Gasteiger partial charge in [0.1, 0.15) is 5.82 Å². The third-order valence-electron chi connectivity index (χ3n) is 4.31. The second-order valence-corrected chi connectivity index (χ2v) is 6.90. The maximum atomic E-state index is 13.3. The summed E-state index contributed by atoms with van der Waals surface area (Å²) in [6, 6.07) is 7.18. The van der Waals surface area contributed by atoms with Crippen LogP contribution in [0.4, 0.5) is 4.39 Å². The first-order valence-electron chi connectivity index (χ1n) is 7.56. The van der Waals surface area contributed by atoms with E-state index in [9.17, 15) is 9.18 Å². The van der Waals surface area contributed by atoms with E-state index in [1.165, 1.54) is 30.1 Å². The van der Waals surface area contributed by atoms with E-state index in [1.807, 2.05) is 22.7 Å². The molecule has 2 aliphatic rings. The van der Waals surface area contributed by atoms with E-state index in [4.69, 9.17) is 0 Å². The van der Waals surface area contributed by atoms with Gasteiger partial charge in [-0.25, -0.2) is 4.39 Å². The third-order valence-corrected chi connectivity index (χ3v) is 5.45. The third kappa shape index (κ3) is 3.77. The molecule has 3 nitrogen and oxygen atoms in total. The first-order chi connectivity index (χ1) is 10.2. The quantitative estimate of drug-likeness (QED) is 0.856. The van der Waals surface area contributed by atoms with Crippen molar-refractivity contribution in [1.82, 2.24) is 9.80 Å². The second kappa shape index (κ2) is 6.79. The predicted molar refractivity (Wildman–Crippen MR) is 83.7 cm³/mol. The Balaban J connectivity index is 1.62. The molecular weight excluding hydrogens is 287 g/mol. The molecule has 2 heterocycles. The minimum atomic E-state index is -0.237. The highest BCUT2D eigenvalue weighted by Gasteiger charge is 2.27. The number of hydrogen-bond acceptors (Lipinski definition) is 3. The standard InChI is InChI=1S/C16H21FN2OS/c17-14-3-1-2-13(10-14)11-19-8-7-18(6-4-16(19)20)15-5-9-21-12-15/h1-3,10,15H,4-9,11-12H2/t15-/m1/s1. The largest absolute Gasteiger partial charge is 0.337 e. The molecule has 114 valence electrons. The van der Waals surface area contributed by atoms with Gasteiger partial charge in [-0.15, -0.1) is 0 Å². The summed E-state index contributed by atoms with van der Waals surface area (Å²) in [4.78, 5) is 16.6. The van der Waals surface area contributed by atoms with E-state index in [0.717, 1.165) is 25.2 Å². The molecule has 5 heteroatoms. The van der Waals surface area contributed by atoms with Crippen molar-refractivity contribution >= 4 is 17.7 Å². The fourth-order valence-electron chi connectivity index (χ4n) is 3.08. The smallest absolute Gasteiger partial charge is 0.224 e. The predicted octanol–water partition coefficient (Wildman–Crippen LogP) is 2.37. The van der Waals surface area contributed by atoms with Gasteiger partial charge in [-0.05, 0) is 29.9 Å². The number of carbonyl (C=O) groups excluding carboxylic acids is 1. The van der Waals surface area contributed by atoms with Crippen LogP contribution in [0.3, 0.4) is 0 Å². The molecule has 2 fully saturated rings. The Morgan fingerprint density at radius 1 is 1.29 bits per heavy atom. The van der Waals surface area contributed by atoms with Gasteiger partial charge in [-0.1, -0.05) is 12.1 Å². The molecule has 0 bridgehead atoms. The molecular formula is C16H21FN2OS. The van der Waals surface area contributed by atoms with Gasteiger partial charge in [-0.3, -0.25) is 9.69 Å². The number of amides is 1. The number of rotatable bonds is 3. The van der Waals surface area contributed by atoms with Crippen LogP contribution in [-0.2, 0) is 11.3 Å². The molecule has 1 aromatic rings. The van der Waals surface area contributed by atoms with Crippen molar-refractivity contribution in [2.75, 3.05) is 31.1 Å². The Hall–Kier alpha value is -1.07. The van der Waals surface area contributed by atoms with Crippen LogP contribution < -0.4 is 0 Å². The molecule has 2 saturated heterocycles. The van der Waals surface area contributed by atoms with Crippen molar-refractivity contribution in [3.05, 3.63) is 35.6 Å². The van der Waals surface area contributed by atoms with Gasteiger partial charge in [0.25, 0.3) is 0 Å². The zero-order valence-electron chi connectivity index (χ0n) is 12.1. The molecule has 0 N–H and O–H groups in total. The number of thioether (sulfide) groups is 1. The average molecular weight is 308 g/mol. The number of carbonyl (C=O) groups is 1. The molecule has 0 aromatic heterocycles. The molecule has 1 aromatic carbocycles. The minimum absolute atomic E-state index is 0.187. The van der Waals surface area contributed by atoms with E-state index in [0.29, 0.717) is 19.0 Å². The summed E-state index contributed by atoms with van der Waals surface area (Å²) in [5.74, 6) is 2.38. The first-order valence-corrected chi connectivity index (χ1v) is 8.72. The summed E-state index contributed by atoms with van der Waals surface area (Å²) < 4.78 is 13.3.